The van der Waals surface area contributed by atoms with E-state index < -0.39 is 0 Å². The van der Waals surface area contributed by atoms with E-state index in [0.717, 1.165) is 11.2 Å². The van der Waals surface area contributed by atoms with Crippen molar-refractivity contribution in [2.24, 2.45) is 5.92 Å². The van der Waals surface area contributed by atoms with Crippen LogP contribution in [0.5, 0.6) is 0 Å². The smallest absolute Gasteiger partial charge is 0.0100 e. The van der Waals surface area contributed by atoms with E-state index in [2.05, 4.69) is 46.3 Å². The van der Waals surface area contributed by atoms with E-state index in [1.807, 2.05) is 0 Å². The summed E-state index contributed by atoms with van der Waals surface area (Å²) in [5, 5.41) is 1.10. The van der Waals surface area contributed by atoms with Crippen LogP contribution >= 0.6 is 15.9 Å². The summed E-state index contributed by atoms with van der Waals surface area (Å²) >= 11 is 3.66. The second kappa shape index (κ2) is 5.69. The molecule has 0 heterocycles. The first kappa shape index (κ1) is 11.2. The van der Waals surface area contributed by atoms with Gasteiger partial charge < -0.3 is 0 Å². The molecular formula is C14H19Br. The molecule has 1 fully saturated rings. The summed E-state index contributed by atoms with van der Waals surface area (Å²) in [5.74, 6) is 1.70. The van der Waals surface area contributed by atoms with Crippen molar-refractivity contribution in [3.63, 3.8) is 0 Å². The highest BCUT2D eigenvalue weighted by Gasteiger charge is 2.20. The van der Waals surface area contributed by atoms with Crippen LogP contribution in [0.25, 0.3) is 0 Å². The molecule has 0 amide bonds. The fourth-order valence-corrected chi connectivity index (χ4v) is 3.30. The Labute approximate surface area is 101 Å². The second-order valence-electron chi connectivity index (χ2n) is 4.65. The number of hydrogen-bond donors (Lipinski definition) is 0. The quantitative estimate of drug-likeness (QED) is 0.691. The molecule has 0 aliphatic heterocycles. The SMILES string of the molecule is BrCC(CC1CCCC1)c1ccccc1. The largest absolute Gasteiger partial charge is 0.0921 e. The molecule has 1 heteroatoms. The molecule has 82 valence electrons. The van der Waals surface area contributed by atoms with Crippen LogP contribution in [-0.4, -0.2) is 5.33 Å². The normalized spacial score (nSPS) is 19.3. The molecule has 0 bridgehead atoms. The van der Waals surface area contributed by atoms with Crippen molar-refractivity contribution in [2.75, 3.05) is 5.33 Å². The van der Waals surface area contributed by atoms with E-state index in [4.69, 9.17) is 0 Å². The van der Waals surface area contributed by atoms with Crippen molar-refractivity contribution in [1.82, 2.24) is 0 Å². The zero-order valence-corrected chi connectivity index (χ0v) is 10.7. The molecular weight excluding hydrogens is 248 g/mol. The van der Waals surface area contributed by atoms with Gasteiger partial charge in [-0.3, -0.25) is 0 Å². The monoisotopic (exact) mass is 266 g/mol. The van der Waals surface area contributed by atoms with Gasteiger partial charge in [0.25, 0.3) is 0 Å². The molecule has 1 aliphatic carbocycles. The number of rotatable bonds is 4. The van der Waals surface area contributed by atoms with Crippen molar-refractivity contribution in [2.45, 2.75) is 38.0 Å². The van der Waals surface area contributed by atoms with E-state index in [9.17, 15) is 0 Å². The lowest BCUT2D eigenvalue weighted by Gasteiger charge is -2.18. The summed E-state index contributed by atoms with van der Waals surface area (Å²) in [6.07, 6.45) is 7.19. The van der Waals surface area contributed by atoms with Gasteiger partial charge in [-0.1, -0.05) is 71.9 Å². The average molecular weight is 267 g/mol. The molecule has 1 aromatic rings. The van der Waals surface area contributed by atoms with E-state index in [1.165, 1.54) is 37.7 Å². The van der Waals surface area contributed by atoms with Gasteiger partial charge in [-0.2, -0.15) is 0 Å². The second-order valence-corrected chi connectivity index (χ2v) is 5.30. The fraction of sp³-hybridized carbons (Fsp3) is 0.571. The van der Waals surface area contributed by atoms with Crippen LogP contribution < -0.4 is 0 Å². The van der Waals surface area contributed by atoms with Crippen LogP contribution in [0.15, 0.2) is 30.3 Å². The molecule has 0 saturated heterocycles. The van der Waals surface area contributed by atoms with E-state index >= 15 is 0 Å². The van der Waals surface area contributed by atoms with Gasteiger partial charge >= 0.3 is 0 Å². The third-order valence-electron chi connectivity index (χ3n) is 3.55. The van der Waals surface area contributed by atoms with Crippen molar-refractivity contribution in [3.8, 4) is 0 Å². The lowest BCUT2D eigenvalue weighted by atomic mass is 9.89. The molecule has 1 atom stereocenters. The van der Waals surface area contributed by atoms with Crippen molar-refractivity contribution in [1.29, 1.82) is 0 Å². The van der Waals surface area contributed by atoms with Crippen molar-refractivity contribution >= 4 is 15.9 Å². The number of hydrogen-bond acceptors (Lipinski definition) is 0. The summed E-state index contributed by atoms with van der Waals surface area (Å²) in [5.41, 5.74) is 1.50. The van der Waals surface area contributed by atoms with Gasteiger partial charge in [0.05, 0.1) is 0 Å². The van der Waals surface area contributed by atoms with Gasteiger partial charge in [0.2, 0.25) is 0 Å². The topological polar surface area (TPSA) is 0 Å². The van der Waals surface area contributed by atoms with Crippen LogP contribution in [0.1, 0.15) is 43.6 Å². The first-order chi connectivity index (χ1) is 7.40. The van der Waals surface area contributed by atoms with Gasteiger partial charge in [0, 0.05) is 5.33 Å². The van der Waals surface area contributed by atoms with Gasteiger partial charge in [0.1, 0.15) is 0 Å². The minimum atomic E-state index is 0.717. The molecule has 1 saturated carbocycles. The van der Waals surface area contributed by atoms with Gasteiger partial charge in [-0.05, 0) is 23.8 Å². The van der Waals surface area contributed by atoms with E-state index in [0.29, 0.717) is 5.92 Å². The summed E-state index contributed by atoms with van der Waals surface area (Å²) in [6.45, 7) is 0. The lowest BCUT2D eigenvalue weighted by molar-refractivity contribution is 0.464. The third kappa shape index (κ3) is 3.07. The van der Waals surface area contributed by atoms with E-state index in [-0.39, 0.29) is 0 Å². The van der Waals surface area contributed by atoms with Crippen LogP contribution in [0.3, 0.4) is 0 Å². The first-order valence-electron chi connectivity index (χ1n) is 6.01. The molecule has 0 aromatic heterocycles. The molecule has 0 nitrogen and oxygen atoms in total. The van der Waals surface area contributed by atoms with Crippen LogP contribution in [-0.2, 0) is 0 Å². The summed E-state index contributed by atoms with van der Waals surface area (Å²) < 4.78 is 0. The van der Waals surface area contributed by atoms with Gasteiger partial charge in [0.15, 0.2) is 0 Å². The fourth-order valence-electron chi connectivity index (χ4n) is 2.66. The standard InChI is InChI=1S/C14H19Br/c15-11-14(10-12-6-4-5-7-12)13-8-2-1-3-9-13/h1-3,8-9,12,14H,4-7,10-11H2. The number of benzene rings is 1. The Balaban J connectivity index is 1.97. The minimum Gasteiger partial charge on any atom is -0.0921 e. The van der Waals surface area contributed by atoms with Crippen LogP contribution in [0.4, 0.5) is 0 Å². The minimum absolute atomic E-state index is 0.717. The first-order valence-corrected chi connectivity index (χ1v) is 7.13. The maximum absolute atomic E-state index is 3.66. The highest BCUT2D eigenvalue weighted by molar-refractivity contribution is 9.09. The molecule has 0 N–H and O–H groups in total. The maximum atomic E-state index is 3.66. The van der Waals surface area contributed by atoms with E-state index in [1.54, 1.807) is 0 Å². The van der Waals surface area contributed by atoms with Crippen LogP contribution in [0.2, 0.25) is 0 Å². The molecule has 1 aliphatic rings. The van der Waals surface area contributed by atoms with Gasteiger partial charge in [-0.15, -0.1) is 0 Å². The molecule has 0 radical (unpaired) electrons. The third-order valence-corrected chi connectivity index (χ3v) is 4.33. The lowest BCUT2D eigenvalue weighted by Crippen LogP contribution is -2.06. The zero-order chi connectivity index (χ0) is 10.5. The molecule has 1 aromatic carbocycles. The Morgan fingerprint density at radius 2 is 1.80 bits per heavy atom. The zero-order valence-electron chi connectivity index (χ0n) is 9.16. The summed E-state index contributed by atoms with van der Waals surface area (Å²) in [4.78, 5) is 0. The predicted molar refractivity (Wildman–Crippen MR) is 69.6 cm³/mol. The summed E-state index contributed by atoms with van der Waals surface area (Å²) in [6, 6.07) is 10.9. The van der Waals surface area contributed by atoms with Crippen molar-refractivity contribution < 1.29 is 0 Å². The average Bonchev–Trinajstić information content (AvgIpc) is 2.80. The Morgan fingerprint density at radius 3 is 2.40 bits per heavy atom. The highest BCUT2D eigenvalue weighted by atomic mass is 79.9. The number of alkyl halides is 1. The van der Waals surface area contributed by atoms with Gasteiger partial charge in [-0.25, -0.2) is 0 Å². The summed E-state index contributed by atoms with van der Waals surface area (Å²) in [7, 11) is 0. The Bertz CT molecular complexity index is 275. The van der Waals surface area contributed by atoms with Crippen LogP contribution in [0, 0.1) is 5.92 Å². The molecule has 0 spiro atoms. The molecule has 1 unspecified atom stereocenters. The number of halogens is 1. The molecule has 2 rings (SSSR count). The van der Waals surface area contributed by atoms with Crippen molar-refractivity contribution in [3.05, 3.63) is 35.9 Å². The predicted octanol–water partition coefficient (Wildman–Crippen LogP) is 4.75. The Hall–Kier alpha value is -0.300. The Morgan fingerprint density at radius 1 is 1.13 bits per heavy atom. The highest BCUT2D eigenvalue weighted by Crippen LogP contribution is 2.34. The Kier molecular flexibility index (Phi) is 4.25. The maximum Gasteiger partial charge on any atom is 0.0100 e. The molecule has 15 heavy (non-hydrogen) atoms.